The van der Waals surface area contributed by atoms with Gasteiger partial charge in [-0.3, -0.25) is 4.79 Å². The number of esters is 1. The van der Waals surface area contributed by atoms with Crippen LogP contribution in [-0.4, -0.2) is 36.1 Å². The number of hydrogen-bond acceptors (Lipinski definition) is 6. The van der Waals surface area contributed by atoms with Gasteiger partial charge >= 0.3 is 5.97 Å². The zero-order valence-corrected chi connectivity index (χ0v) is 16.6. The number of aryl methyl sites for hydroxylation is 1. The standard InChI is InChI=1S/C20H24N2O4S/c1-12-17(27-19(21-12)14-8-10-16(25-3)11-9-14)20(24)26-13(2)18(23)22-15-6-4-5-7-15/h8-11,13,15H,4-7H2,1-3H3,(H,22,23)/t13-/m0/s1. The second-order valence-corrected chi connectivity index (χ2v) is 7.70. The summed E-state index contributed by atoms with van der Waals surface area (Å²) in [7, 11) is 1.61. The zero-order chi connectivity index (χ0) is 19.4. The van der Waals surface area contributed by atoms with E-state index in [2.05, 4.69) is 10.3 Å². The van der Waals surface area contributed by atoms with Crippen LogP contribution in [0.5, 0.6) is 5.75 Å². The summed E-state index contributed by atoms with van der Waals surface area (Å²) >= 11 is 1.26. The van der Waals surface area contributed by atoms with Crippen LogP contribution in [0, 0.1) is 6.92 Å². The number of methoxy groups -OCH3 is 1. The molecule has 1 N–H and O–H groups in total. The van der Waals surface area contributed by atoms with Gasteiger partial charge in [-0.05, 0) is 51.0 Å². The molecule has 6 nitrogen and oxygen atoms in total. The van der Waals surface area contributed by atoms with Gasteiger partial charge in [0.25, 0.3) is 5.91 Å². The van der Waals surface area contributed by atoms with Gasteiger partial charge in [0.1, 0.15) is 15.6 Å². The molecular weight excluding hydrogens is 364 g/mol. The van der Waals surface area contributed by atoms with Gasteiger partial charge in [-0.25, -0.2) is 9.78 Å². The van der Waals surface area contributed by atoms with Gasteiger partial charge in [0.15, 0.2) is 6.10 Å². The van der Waals surface area contributed by atoms with Crippen molar-refractivity contribution in [3.63, 3.8) is 0 Å². The summed E-state index contributed by atoms with van der Waals surface area (Å²) in [6, 6.07) is 7.68. The molecule has 1 amide bonds. The summed E-state index contributed by atoms with van der Waals surface area (Å²) in [5, 5.41) is 3.68. The van der Waals surface area contributed by atoms with Gasteiger partial charge in [-0.2, -0.15) is 0 Å². The Balaban J connectivity index is 1.65. The number of aromatic nitrogens is 1. The van der Waals surface area contributed by atoms with Gasteiger partial charge in [0.05, 0.1) is 12.8 Å². The number of amides is 1. The summed E-state index contributed by atoms with van der Waals surface area (Å²) in [6.45, 7) is 3.37. The van der Waals surface area contributed by atoms with Crippen molar-refractivity contribution in [3.05, 3.63) is 34.8 Å². The lowest BCUT2D eigenvalue weighted by molar-refractivity contribution is -0.129. The van der Waals surface area contributed by atoms with Crippen molar-refractivity contribution >= 4 is 23.2 Å². The Kier molecular flexibility index (Phi) is 6.11. The molecule has 0 bridgehead atoms. The molecule has 0 radical (unpaired) electrons. The van der Waals surface area contributed by atoms with E-state index in [1.807, 2.05) is 24.3 Å². The van der Waals surface area contributed by atoms with E-state index >= 15 is 0 Å². The minimum Gasteiger partial charge on any atom is -0.497 e. The minimum atomic E-state index is -0.830. The fraction of sp³-hybridized carbons (Fsp3) is 0.450. The Morgan fingerprint density at radius 2 is 1.89 bits per heavy atom. The van der Waals surface area contributed by atoms with Gasteiger partial charge in [0, 0.05) is 11.6 Å². The number of rotatable bonds is 6. The Morgan fingerprint density at radius 3 is 2.52 bits per heavy atom. The number of benzene rings is 1. The van der Waals surface area contributed by atoms with Crippen molar-refractivity contribution in [1.29, 1.82) is 0 Å². The molecule has 1 fully saturated rings. The number of carbonyl (C=O) groups excluding carboxylic acids is 2. The van der Waals surface area contributed by atoms with Crippen LogP contribution in [0.2, 0.25) is 0 Å². The summed E-state index contributed by atoms with van der Waals surface area (Å²) < 4.78 is 10.5. The van der Waals surface area contributed by atoms with Crippen LogP contribution in [-0.2, 0) is 9.53 Å². The van der Waals surface area contributed by atoms with Crippen molar-refractivity contribution in [2.45, 2.75) is 51.7 Å². The van der Waals surface area contributed by atoms with Gasteiger partial charge in [-0.1, -0.05) is 12.8 Å². The molecule has 1 aromatic carbocycles. The van der Waals surface area contributed by atoms with Crippen LogP contribution in [0.15, 0.2) is 24.3 Å². The third kappa shape index (κ3) is 4.66. The van der Waals surface area contributed by atoms with Gasteiger partial charge < -0.3 is 14.8 Å². The number of carbonyl (C=O) groups is 2. The molecule has 0 aliphatic heterocycles. The predicted octanol–water partition coefficient (Wildman–Crippen LogP) is 3.73. The Hall–Kier alpha value is -2.41. The first-order valence-electron chi connectivity index (χ1n) is 9.11. The van der Waals surface area contributed by atoms with Gasteiger partial charge in [-0.15, -0.1) is 11.3 Å². The number of nitrogens with one attached hydrogen (secondary N) is 1. The average molecular weight is 388 g/mol. The van der Waals surface area contributed by atoms with Gasteiger partial charge in [0.2, 0.25) is 0 Å². The van der Waals surface area contributed by atoms with Crippen molar-refractivity contribution in [2.75, 3.05) is 7.11 Å². The van der Waals surface area contributed by atoms with E-state index < -0.39 is 12.1 Å². The van der Waals surface area contributed by atoms with Crippen molar-refractivity contribution in [2.24, 2.45) is 0 Å². The molecule has 3 rings (SSSR count). The highest BCUT2D eigenvalue weighted by atomic mass is 32.1. The molecule has 0 spiro atoms. The topological polar surface area (TPSA) is 77.5 Å². The van der Waals surface area contributed by atoms with Crippen LogP contribution >= 0.6 is 11.3 Å². The summed E-state index contributed by atoms with van der Waals surface area (Å²) in [5.41, 5.74) is 1.49. The molecule has 1 saturated carbocycles. The van der Waals surface area contributed by atoms with Crippen LogP contribution in [0.25, 0.3) is 10.6 Å². The van der Waals surface area contributed by atoms with E-state index in [9.17, 15) is 9.59 Å². The number of thiazole rings is 1. The molecular formula is C20H24N2O4S. The number of hydrogen-bond donors (Lipinski definition) is 1. The van der Waals surface area contributed by atoms with E-state index in [4.69, 9.17) is 9.47 Å². The highest BCUT2D eigenvalue weighted by Crippen LogP contribution is 2.30. The van der Waals surface area contributed by atoms with E-state index in [0.29, 0.717) is 10.6 Å². The second kappa shape index (κ2) is 8.52. The van der Waals surface area contributed by atoms with E-state index in [0.717, 1.165) is 42.0 Å². The molecule has 1 aliphatic carbocycles. The Morgan fingerprint density at radius 1 is 1.22 bits per heavy atom. The highest BCUT2D eigenvalue weighted by Gasteiger charge is 2.25. The summed E-state index contributed by atoms with van der Waals surface area (Å²) in [6.07, 6.45) is 3.42. The summed E-state index contributed by atoms with van der Waals surface area (Å²) in [4.78, 5) is 29.6. The van der Waals surface area contributed by atoms with Crippen LogP contribution in [0.1, 0.15) is 48.0 Å². The van der Waals surface area contributed by atoms with Crippen molar-refractivity contribution < 1.29 is 19.1 Å². The maximum absolute atomic E-state index is 12.5. The number of nitrogens with zero attached hydrogens (tertiary/aromatic N) is 1. The number of ether oxygens (including phenoxy) is 2. The average Bonchev–Trinajstić information content (AvgIpc) is 3.31. The SMILES string of the molecule is COc1ccc(-c2nc(C)c(C(=O)O[C@@H](C)C(=O)NC3CCCC3)s2)cc1. The van der Waals surface area contributed by atoms with Crippen molar-refractivity contribution in [3.8, 4) is 16.3 Å². The third-order valence-corrected chi connectivity index (χ3v) is 5.86. The second-order valence-electron chi connectivity index (χ2n) is 6.70. The fourth-order valence-corrected chi connectivity index (χ4v) is 4.05. The zero-order valence-electron chi connectivity index (χ0n) is 15.8. The van der Waals surface area contributed by atoms with Crippen molar-refractivity contribution in [1.82, 2.24) is 10.3 Å². The summed E-state index contributed by atoms with van der Waals surface area (Å²) in [5.74, 6) is 0.000362. The molecule has 7 heteroatoms. The lowest BCUT2D eigenvalue weighted by atomic mass is 10.2. The van der Waals surface area contributed by atoms with Crippen LogP contribution in [0.3, 0.4) is 0 Å². The maximum atomic E-state index is 12.5. The van der Waals surface area contributed by atoms with E-state index in [-0.39, 0.29) is 11.9 Å². The predicted molar refractivity (Wildman–Crippen MR) is 104 cm³/mol. The molecule has 0 unspecified atom stereocenters. The Bertz CT molecular complexity index is 810. The largest absolute Gasteiger partial charge is 0.497 e. The molecule has 2 aromatic rings. The first-order chi connectivity index (χ1) is 13.0. The first-order valence-corrected chi connectivity index (χ1v) is 9.92. The lowest BCUT2D eigenvalue weighted by Gasteiger charge is -2.16. The van der Waals surface area contributed by atoms with E-state index in [1.54, 1.807) is 21.0 Å². The molecule has 1 atom stereocenters. The highest BCUT2D eigenvalue weighted by molar-refractivity contribution is 7.17. The van der Waals surface area contributed by atoms with Crippen LogP contribution < -0.4 is 10.1 Å². The Labute approximate surface area is 162 Å². The molecule has 27 heavy (non-hydrogen) atoms. The fourth-order valence-electron chi connectivity index (χ4n) is 3.10. The third-order valence-electron chi connectivity index (χ3n) is 4.67. The quantitative estimate of drug-likeness (QED) is 0.763. The molecule has 0 saturated heterocycles. The minimum absolute atomic E-state index is 0.200. The normalized spacial score (nSPS) is 15.4. The lowest BCUT2D eigenvalue weighted by Crippen LogP contribution is -2.40. The molecule has 144 valence electrons. The maximum Gasteiger partial charge on any atom is 0.351 e. The molecule has 1 aliphatic rings. The van der Waals surface area contributed by atoms with E-state index in [1.165, 1.54) is 11.3 Å². The molecule has 1 aromatic heterocycles. The first kappa shape index (κ1) is 19.4. The monoisotopic (exact) mass is 388 g/mol. The van der Waals surface area contributed by atoms with Crippen LogP contribution in [0.4, 0.5) is 0 Å². The molecule has 1 heterocycles. The smallest absolute Gasteiger partial charge is 0.351 e.